The fourth-order valence-corrected chi connectivity index (χ4v) is 3.53. The van der Waals surface area contributed by atoms with Crippen LogP contribution in [-0.4, -0.2) is 57.5 Å². The summed E-state index contributed by atoms with van der Waals surface area (Å²) in [4.78, 5) is 28.8. The topological polar surface area (TPSA) is 78.7 Å². The van der Waals surface area contributed by atoms with E-state index < -0.39 is 5.60 Å². The number of amides is 1. The minimum absolute atomic E-state index is 0.132. The van der Waals surface area contributed by atoms with E-state index in [1.807, 2.05) is 11.9 Å². The summed E-state index contributed by atoms with van der Waals surface area (Å²) in [5.41, 5.74) is -0.528. The van der Waals surface area contributed by atoms with Crippen molar-refractivity contribution < 1.29 is 9.90 Å². The van der Waals surface area contributed by atoms with E-state index in [1.54, 1.807) is 17.2 Å². The summed E-state index contributed by atoms with van der Waals surface area (Å²) in [6, 6.07) is 1.75. The van der Waals surface area contributed by atoms with E-state index in [0.29, 0.717) is 25.9 Å². The summed E-state index contributed by atoms with van der Waals surface area (Å²) in [7, 11) is 1.94. The first-order valence-corrected chi connectivity index (χ1v) is 9.15. The molecule has 25 heavy (non-hydrogen) atoms. The average molecular weight is 348 g/mol. The molecule has 0 spiro atoms. The Balaban J connectivity index is 1.75. The van der Waals surface area contributed by atoms with Crippen LogP contribution in [0.5, 0.6) is 0 Å². The van der Waals surface area contributed by atoms with Crippen LogP contribution in [0.15, 0.2) is 17.1 Å². The predicted octanol–water partition coefficient (Wildman–Crippen LogP) is 1.17. The predicted molar refractivity (Wildman–Crippen MR) is 95.7 cm³/mol. The molecule has 1 saturated carbocycles. The van der Waals surface area contributed by atoms with E-state index in [9.17, 15) is 14.7 Å². The highest BCUT2D eigenvalue weighted by molar-refractivity contribution is 5.86. The second-order valence-electron chi connectivity index (χ2n) is 7.63. The van der Waals surface area contributed by atoms with Gasteiger partial charge in [0.25, 0.3) is 11.5 Å². The molecule has 3 rings (SSSR count). The molecule has 2 fully saturated rings. The van der Waals surface area contributed by atoms with E-state index in [-0.39, 0.29) is 23.6 Å². The van der Waals surface area contributed by atoms with E-state index in [2.05, 4.69) is 18.9 Å². The molecule has 138 valence electrons. The summed E-state index contributed by atoms with van der Waals surface area (Å²) >= 11 is 0. The van der Waals surface area contributed by atoms with Crippen LogP contribution in [0, 0.1) is 0 Å². The summed E-state index contributed by atoms with van der Waals surface area (Å²) < 4.78 is 1.49. The lowest BCUT2D eigenvalue weighted by Crippen LogP contribution is -2.56. The van der Waals surface area contributed by atoms with Crippen molar-refractivity contribution in [2.75, 3.05) is 25.0 Å². The van der Waals surface area contributed by atoms with Crippen molar-refractivity contribution in [1.82, 2.24) is 14.7 Å². The van der Waals surface area contributed by atoms with Gasteiger partial charge in [-0.15, -0.1) is 0 Å². The number of aromatic nitrogens is 2. The van der Waals surface area contributed by atoms with Crippen molar-refractivity contribution in [1.29, 1.82) is 0 Å². The van der Waals surface area contributed by atoms with Gasteiger partial charge in [-0.25, -0.2) is 4.68 Å². The third-order valence-corrected chi connectivity index (χ3v) is 5.60. The Morgan fingerprint density at radius 1 is 1.40 bits per heavy atom. The monoisotopic (exact) mass is 348 g/mol. The number of likely N-dealkylation sites (tertiary alicyclic amines) is 1. The molecule has 1 aliphatic heterocycles. The number of hydrogen-bond acceptors (Lipinski definition) is 5. The van der Waals surface area contributed by atoms with Crippen molar-refractivity contribution >= 4 is 11.6 Å². The molecule has 1 atom stereocenters. The maximum absolute atomic E-state index is 12.5. The molecular formula is C18H28N4O3. The van der Waals surface area contributed by atoms with Gasteiger partial charge in [0.05, 0.1) is 17.9 Å². The van der Waals surface area contributed by atoms with Gasteiger partial charge in [-0.1, -0.05) is 0 Å². The zero-order valence-electron chi connectivity index (χ0n) is 15.3. The Morgan fingerprint density at radius 2 is 2.12 bits per heavy atom. The highest BCUT2D eigenvalue weighted by Crippen LogP contribution is 2.34. The third-order valence-electron chi connectivity index (χ3n) is 5.60. The highest BCUT2D eigenvalue weighted by Gasteiger charge is 2.45. The van der Waals surface area contributed by atoms with E-state index >= 15 is 0 Å². The van der Waals surface area contributed by atoms with Crippen molar-refractivity contribution in [2.45, 2.75) is 63.6 Å². The highest BCUT2D eigenvalue weighted by atomic mass is 16.3. The lowest BCUT2D eigenvalue weighted by molar-refractivity contribution is -0.162. The molecule has 0 aromatic carbocycles. The molecule has 1 saturated heterocycles. The molecule has 2 heterocycles. The van der Waals surface area contributed by atoms with Crippen molar-refractivity contribution in [3.63, 3.8) is 0 Å². The van der Waals surface area contributed by atoms with Gasteiger partial charge in [-0.2, -0.15) is 5.10 Å². The molecule has 7 nitrogen and oxygen atoms in total. The molecule has 1 aliphatic carbocycles. The molecule has 7 heteroatoms. The minimum Gasteiger partial charge on any atom is -0.380 e. The van der Waals surface area contributed by atoms with Gasteiger partial charge in [-0.3, -0.25) is 9.59 Å². The zero-order valence-corrected chi connectivity index (χ0v) is 15.3. The van der Waals surface area contributed by atoms with Crippen LogP contribution in [0.25, 0.3) is 0 Å². The Labute approximate surface area is 148 Å². The largest absolute Gasteiger partial charge is 0.380 e. The standard InChI is InChI=1S/C18H28N4O3/c1-13(2)20(3)15-10-16(23)22(19-11-15)14-6-4-9-21(12-14)17(24)18(25)7-5-8-18/h10-11,13-14,25H,4-9,12H2,1-3H3/t14-/m0/s1. The van der Waals surface area contributed by atoms with Crippen LogP contribution in [0.3, 0.4) is 0 Å². The number of carbonyl (C=O) groups is 1. The Kier molecular flexibility index (Phi) is 4.86. The fourth-order valence-electron chi connectivity index (χ4n) is 3.53. The number of nitrogens with zero attached hydrogens (tertiary/aromatic N) is 4. The van der Waals surface area contributed by atoms with Crippen LogP contribution in [0.1, 0.15) is 52.0 Å². The van der Waals surface area contributed by atoms with Crippen LogP contribution < -0.4 is 10.5 Å². The van der Waals surface area contributed by atoms with Gasteiger partial charge >= 0.3 is 0 Å². The number of anilines is 1. The number of carbonyl (C=O) groups excluding carboxylic acids is 1. The van der Waals surface area contributed by atoms with Crippen molar-refractivity contribution in [3.05, 3.63) is 22.6 Å². The summed E-state index contributed by atoms with van der Waals surface area (Å²) in [6.07, 6.45) is 5.32. The van der Waals surface area contributed by atoms with Crippen LogP contribution in [-0.2, 0) is 4.79 Å². The average Bonchev–Trinajstić information content (AvgIpc) is 2.58. The molecular weight excluding hydrogens is 320 g/mol. The molecule has 0 unspecified atom stereocenters. The Morgan fingerprint density at radius 3 is 2.68 bits per heavy atom. The molecule has 0 radical (unpaired) electrons. The van der Waals surface area contributed by atoms with Crippen LogP contribution in [0.2, 0.25) is 0 Å². The fraction of sp³-hybridized carbons (Fsp3) is 0.722. The molecule has 1 aromatic heterocycles. The number of piperidine rings is 1. The van der Waals surface area contributed by atoms with Crippen molar-refractivity contribution in [2.24, 2.45) is 0 Å². The first-order chi connectivity index (χ1) is 11.8. The van der Waals surface area contributed by atoms with Crippen LogP contribution in [0.4, 0.5) is 5.69 Å². The second kappa shape index (κ2) is 6.78. The molecule has 2 aliphatic rings. The number of aliphatic hydroxyl groups is 1. The molecule has 0 bridgehead atoms. The lowest BCUT2D eigenvalue weighted by atomic mass is 9.79. The number of rotatable bonds is 4. The summed E-state index contributed by atoms with van der Waals surface area (Å²) in [6.45, 7) is 5.19. The first kappa shape index (κ1) is 17.9. The van der Waals surface area contributed by atoms with Gasteiger partial charge in [0.15, 0.2) is 0 Å². The lowest BCUT2D eigenvalue weighted by Gasteiger charge is -2.42. The van der Waals surface area contributed by atoms with Gasteiger partial charge < -0.3 is 14.9 Å². The molecule has 1 aromatic rings. The third kappa shape index (κ3) is 3.42. The quantitative estimate of drug-likeness (QED) is 0.884. The maximum Gasteiger partial charge on any atom is 0.269 e. The van der Waals surface area contributed by atoms with Crippen molar-refractivity contribution in [3.8, 4) is 0 Å². The smallest absolute Gasteiger partial charge is 0.269 e. The Bertz CT molecular complexity index is 696. The van der Waals surface area contributed by atoms with Gasteiger partial charge in [-0.05, 0) is 46.0 Å². The van der Waals surface area contributed by atoms with Crippen LogP contribution >= 0.6 is 0 Å². The van der Waals surface area contributed by atoms with Gasteiger partial charge in [0.2, 0.25) is 0 Å². The molecule has 1 amide bonds. The van der Waals surface area contributed by atoms with Gasteiger partial charge in [0.1, 0.15) is 5.60 Å². The Hall–Kier alpha value is -1.89. The maximum atomic E-state index is 12.5. The van der Waals surface area contributed by atoms with Gasteiger partial charge in [0, 0.05) is 32.2 Å². The van der Waals surface area contributed by atoms with E-state index in [0.717, 1.165) is 24.9 Å². The zero-order chi connectivity index (χ0) is 18.2. The number of hydrogen-bond donors (Lipinski definition) is 1. The normalized spacial score (nSPS) is 22.6. The summed E-state index contributed by atoms with van der Waals surface area (Å²) in [5.74, 6) is -0.187. The minimum atomic E-state index is -1.18. The van der Waals surface area contributed by atoms with E-state index in [4.69, 9.17) is 0 Å². The second-order valence-corrected chi connectivity index (χ2v) is 7.63. The first-order valence-electron chi connectivity index (χ1n) is 9.15. The molecule has 1 N–H and O–H groups in total. The van der Waals surface area contributed by atoms with E-state index in [1.165, 1.54) is 4.68 Å². The SMILES string of the molecule is CC(C)N(C)c1cnn([C@H]2CCCN(C(=O)C3(O)CCC3)C2)c(=O)c1. The summed E-state index contributed by atoms with van der Waals surface area (Å²) in [5, 5.41) is 14.7.